The molecule has 0 unspecified atom stereocenters. The van der Waals surface area contributed by atoms with E-state index >= 15 is 0 Å². The van der Waals surface area contributed by atoms with Crippen LogP contribution in [0.4, 0.5) is 0 Å². The lowest BCUT2D eigenvalue weighted by molar-refractivity contribution is -0.126. The van der Waals surface area contributed by atoms with Crippen molar-refractivity contribution in [3.05, 3.63) is 29.8 Å². The summed E-state index contributed by atoms with van der Waals surface area (Å²) in [7, 11) is 1.61. The summed E-state index contributed by atoms with van der Waals surface area (Å²) in [6.45, 7) is 0.892. The Labute approximate surface area is 136 Å². The zero-order valence-corrected chi connectivity index (χ0v) is 13.2. The van der Waals surface area contributed by atoms with E-state index in [-0.39, 0.29) is 18.2 Å². The number of ether oxygens (including phenoxy) is 2. The predicted octanol–water partition coefficient (Wildman–Crippen LogP) is 2.29. The third kappa shape index (κ3) is 5.72. The van der Waals surface area contributed by atoms with Gasteiger partial charge in [-0.3, -0.25) is 4.79 Å². The Hall–Kier alpha value is -2.39. The highest BCUT2D eigenvalue weighted by Crippen LogP contribution is 2.35. The van der Waals surface area contributed by atoms with E-state index in [1.54, 1.807) is 7.11 Å². The van der Waals surface area contributed by atoms with Gasteiger partial charge in [-0.25, -0.2) is 0 Å². The number of hydrogen-bond donors (Lipinski definition) is 1. The third-order valence-corrected chi connectivity index (χ3v) is 3.54. The van der Waals surface area contributed by atoms with Crippen molar-refractivity contribution in [1.29, 1.82) is 0 Å². The first-order valence-corrected chi connectivity index (χ1v) is 7.52. The van der Waals surface area contributed by atoms with Gasteiger partial charge in [-0.15, -0.1) is 12.3 Å². The fourth-order valence-electron chi connectivity index (χ4n) is 2.15. The van der Waals surface area contributed by atoms with Crippen LogP contribution in [0, 0.1) is 12.3 Å². The zero-order valence-electron chi connectivity index (χ0n) is 13.2. The van der Waals surface area contributed by atoms with Crippen LogP contribution in [0.1, 0.15) is 24.8 Å². The number of terminal acetylenes is 1. The molecule has 6 heteroatoms. The molecule has 0 saturated carbocycles. The summed E-state index contributed by atoms with van der Waals surface area (Å²) in [4.78, 5) is 11.7. The van der Waals surface area contributed by atoms with Crippen LogP contribution in [0.5, 0.6) is 5.75 Å². The Kier molecular flexibility index (Phi) is 6.12. The van der Waals surface area contributed by atoms with Gasteiger partial charge in [0.05, 0.1) is 13.7 Å². The molecule has 1 N–H and O–H groups in total. The molecule has 0 spiro atoms. The number of carbonyl (C=O) groups excluding carboxylic acids is 1. The van der Waals surface area contributed by atoms with Crippen molar-refractivity contribution in [3.8, 4) is 18.1 Å². The van der Waals surface area contributed by atoms with Crippen LogP contribution in [0.25, 0.3) is 0 Å². The van der Waals surface area contributed by atoms with Crippen LogP contribution >= 0.6 is 0 Å². The van der Waals surface area contributed by atoms with Crippen molar-refractivity contribution in [2.24, 2.45) is 10.2 Å². The summed E-state index contributed by atoms with van der Waals surface area (Å²) >= 11 is 0. The van der Waals surface area contributed by atoms with Crippen LogP contribution in [-0.2, 0) is 16.1 Å². The van der Waals surface area contributed by atoms with E-state index in [2.05, 4.69) is 21.5 Å². The normalized spacial score (nSPS) is 14.1. The summed E-state index contributed by atoms with van der Waals surface area (Å²) < 4.78 is 10.5. The zero-order chi connectivity index (χ0) is 16.5. The van der Waals surface area contributed by atoms with E-state index < -0.39 is 0 Å². The summed E-state index contributed by atoms with van der Waals surface area (Å²) in [5.41, 5.74) is 0.599. The van der Waals surface area contributed by atoms with Gasteiger partial charge >= 0.3 is 0 Å². The number of rotatable bonds is 10. The fraction of sp³-hybridized carbons (Fsp3) is 0.471. The molecule has 0 saturated heterocycles. The number of hydrogen-bond acceptors (Lipinski definition) is 5. The van der Waals surface area contributed by atoms with Crippen molar-refractivity contribution in [2.75, 3.05) is 20.3 Å². The minimum atomic E-state index is -0.360. The molecule has 1 amide bonds. The lowest BCUT2D eigenvalue weighted by atomic mass is 10.0. The summed E-state index contributed by atoms with van der Waals surface area (Å²) in [6, 6.07) is 7.55. The van der Waals surface area contributed by atoms with Gasteiger partial charge in [0.15, 0.2) is 5.66 Å². The second kappa shape index (κ2) is 8.30. The molecule has 1 aliphatic heterocycles. The maximum absolute atomic E-state index is 11.7. The topological polar surface area (TPSA) is 72.3 Å². The lowest BCUT2D eigenvalue weighted by Gasteiger charge is -2.10. The largest absolute Gasteiger partial charge is 0.497 e. The lowest BCUT2D eigenvalue weighted by Crippen LogP contribution is -2.31. The maximum atomic E-state index is 11.7. The number of amides is 1. The Morgan fingerprint density at radius 2 is 2.22 bits per heavy atom. The molecule has 1 aromatic rings. The molecule has 6 nitrogen and oxygen atoms in total. The summed E-state index contributed by atoms with van der Waals surface area (Å²) in [6.07, 6.45) is 7.30. The molecular formula is C17H21N3O3. The maximum Gasteiger partial charge on any atom is 0.246 e. The average Bonchev–Trinajstić information content (AvgIpc) is 3.33. The monoisotopic (exact) mass is 315 g/mol. The van der Waals surface area contributed by atoms with E-state index in [0.717, 1.165) is 17.7 Å². The van der Waals surface area contributed by atoms with Crippen LogP contribution in [0.2, 0.25) is 0 Å². The number of nitrogens with one attached hydrogen (secondary N) is 1. The van der Waals surface area contributed by atoms with Gasteiger partial charge in [-0.2, -0.15) is 10.2 Å². The highest BCUT2D eigenvalue weighted by Gasteiger charge is 2.38. The van der Waals surface area contributed by atoms with Crippen molar-refractivity contribution in [3.63, 3.8) is 0 Å². The van der Waals surface area contributed by atoms with Crippen LogP contribution in [0.15, 0.2) is 34.5 Å². The van der Waals surface area contributed by atoms with Gasteiger partial charge in [0, 0.05) is 25.8 Å². The van der Waals surface area contributed by atoms with Gasteiger partial charge in [-0.05, 0) is 17.7 Å². The SMILES string of the molecule is C#CCCC1(CCNC(=O)COCc2cccc(OC)c2)N=N1. The van der Waals surface area contributed by atoms with Crippen LogP contribution < -0.4 is 10.1 Å². The molecule has 2 rings (SSSR count). The summed E-state index contributed by atoms with van der Waals surface area (Å²) in [5.74, 6) is 3.19. The van der Waals surface area contributed by atoms with Gasteiger partial charge in [0.2, 0.25) is 5.91 Å². The van der Waals surface area contributed by atoms with E-state index in [1.807, 2.05) is 24.3 Å². The minimum absolute atomic E-state index is 0.0167. The standard InChI is InChI=1S/C17H21N3O3/c1-3-4-8-17(19-20-17)9-10-18-16(21)13-23-12-14-6-5-7-15(11-14)22-2/h1,5-7,11H,4,8-10,12-13H2,2H3,(H,18,21). The van der Waals surface area contributed by atoms with Crippen molar-refractivity contribution >= 4 is 5.91 Å². The molecule has 0 bridgehead atoms. The van der Waals surface area contributed by atoms with E-state index in [0.29, 0.717) is 26.0 Å². The third-order valence-electron chi connectivity index (χ3n) is 3.54. The van der Waals surface area contributed by atoms with E-state index in [1.165, 1.54) is 0 Å². The van der Waals surface area contributed by atoms with Gasteiger partial charge in [0.25, 0.3) is 0 Å². The van der Waals surface area contributed by atoms with Gasteiger partial charge in [-0.1, -0.05) is 12.1 Å². The van der Waals surface area contributed by atoms with Crippen LogP contribution in [-0.4, -0.2) is 31.8 Å². The molecule has 1 aliphatic rings. The number of nitrogens with zero attached hydrogens (tertiary/aromatic N) is 2. The summed E-state index contributed by atoms with van der Waals surface area (Å²) in [5, 5.41) is 10.8. The number of carbonyl (C=O) groups is 1. The van der Waals surface area contributed by atoms with Crippen molar-refractivity contribution in [2.45, 2.75) is 31.5 Å². The molecule has 0 aliphatic carbocycles. The molecule has 122 valence electrons. The van der Waals surface area contributed by atoms with Gasteiger partial charge < -0.3 is 14.8 Å². The highest BCUT2D eigenvalue weighted by atomic mass is 16.5. The quantitative estimate of drug-likeness (QED) is 0.673. The Bertz CT molecular complexity index is 601. The number of methoxy groups -OCH3 is 1. The predicted molar refractivity (Wildman–Crippen MR) is 85.9 cm³/mol. The molecule has 1 aromatic carbocycles. The Balaban J connectivity index is 1.59. The van der Waals surface area contributed by atoms with E-state index in [9.17, 15) is 4.79 Å². The molecule has 0 aromatic heterocycles. The highest BCUT2D eigenvalue weighted by molar-refractivity contribution is 5.77. The second-order valence-electron chi connectivity index (χ2n) is 5.33. The van der Waals surface area contributed by atoms with Crippen molar-refractivity contribution in [1.82, 2.24) is 5.32 Å². The average molecular weight is 315 g/mol. The minimum Gasteiger partial charge on any atom is -0.497 e. The molecule has 1 heterocycles. The Morgan fingerprint density at radius 3 is 2.91 bits per heavy atom. The molecule has 0 radical (unpaired) electrons. The van der Waals surface area contributed by atoms with Crippen molar-refractivity contribution < 1.29 is 14.3 Å². The molecule has 0 fully saturated rings. The van der Waals surface area contributed by atoms with Gasteiger partial charge in [0.1, 0.15) is 12.4 Å². The number of benzene rings is 1. The molecular weight excluding hydrogens is 294 g/mol. The molecule has 0 atom stereocenters. The first-order valence-electron chi connectivity index (χ1n) is 7.52. The second-order valence-corrected chi connectivity index (χ2v) is 5.33. The van der Waals surface area contributed by atoms with Crippen LogP contribution in [0.3, 0.4) is 0 Å². The smallest absolute Gasteiger partial charge is 0.246 e. The first kappa shape index (κ1) is 17.0. The van der Waals surface area contributed by atoms with E-state index in [4.69, 9.17) is 15.9 Å². The first-order chi connectivity index (χ1) is 11.2. The molecule has 23 heavy (non-hydrogen) atoms. The Morgan fingerprint density at radius 1 is 1.39 bits per heavy atom. The fourth-order valence-corrected chi connectivity index (χ4v) is 2.15.